The average molecular weight is 407 g/mol. The van der Waals surface area contributed by atoms with E-state index >= 15 is 0 Å². The number of aromatic nitrogens is 1. The molecule has 1 fully saturated rings. The first kappa shape index (κ1) is 17.5. The van der Waals surface area contributed by atoms with E-state index in [-0.39, 0.29) is 12.0 Å². The van der Waals surface area contributed by atoms with Crippen LogP contribution in [0.15, 0.2) is 52.1 Å². The maximum Gasteiger partial charge on any atom is 0.254 e. The molecule has 1 atom stereocenters. The Kier molecular flexibility index (Phi) is 6.29. The van der Waals surface area contributed by atoms with Crippen LogP contribution in [0.3, 0.4) is 0 Å². The first-order valence-corrected chi connectivity index (χ1v) is 9.72. The molecule has 1 aliphatic rings. The van der Waals surface area contributed by atoms with Crippen molar-refractivity contribution in [2.75, 3.05) is 13.2 Å². The number of halogens is 1. The van der Waals surface area contributed by atoms with E-state index in [1.807, 2.05) is 18.2 Å². The van der Waals surface area contributed by atoms with Crippen molar-refractivity contribution in [1.29, 1.82) is 0 Å². The van der Waals surface area contributed by atoms with Crippen LogP contribution in [0.5, 0.6) is 0 Å². The third-order valence-electron chi connectivity index (χ3n) is 3.79. The van der Waals surface area contributed by atoms with E-state index < -0.39 is 0 Å². The van der Waals surface area contributed by atoms with Crippen molar-refractivity contribution in [3.63, 3.8) is 0 Å². The van der Waals surface area contributed by atoms with Crippen LogP contribution in [0.1, 0.15) is 28.8 Å². The number of thioether (sulfide) groups is 1. The summed E-state index contributed by atoms with van der Waals surface area (Å²) in [6.45, 7) is 1.35. The minimum absolute atomic E-state index is 0.0876. The zero-order chi connectivity index (χ0) is 16.8. The van der Waals surface area contributed by atoms with Gasteiger partial charge in [0.1, 0.15) is 5.03 Å². The lowest BCUT2D eigenvalue weighted by molar-refractivity contribution is 0.0855. The van der Waals surface area contributed by atoms with Crippen molar-refractivity contribution in [2.45, 2.75) is 29.7 Å². The number of carbonyl (C=O) groups is 1. The minimum atomic E-state index is -0.0876. The first-order chi connectivity index (χ1) is 11.7. The highest BCUT2D eigenvalue weighted by atomic mass is 79.9. The van der Waals surface area contributed by atoms with E-state index in [4.69, 9.17) is 4.74 Å². The first-order valence-electron chi connectivity index (χ1n) is 7.94. The summed E-state index contributed by atoms with van der Waals surface area (Å²) in [7, 11) is 0. The predicted octanol–water partition coefficient (Wildman–Crippen LogP) is 4.05. The van der Waals surface area contributed by atoms with Gasteiger partial charge in [0.25, 0.3) is 5.91 Å². The van der Waals surface area contributed by atoms with Crippen molar-refractivity contribution >= 4 is 33.6 Å². The summed E-state index contributed by atoms with van der Waals surface area (Å²) in [5, 5.41) is 3.72. The van der Waals surface area contributed by atoms with E-state index in [1.165, 1.54) is 5.56 Å². The molecule has 1 amide bonds. The predicted molar refractivity (Wildman–Crippen MR) is 99.2 cm³/mol. The molecule has 1 unspecified atom stereocenters. The van der Waals surface area contributed by atoms with Crippen LogP contribution in [-0.2, 0) is 10.5 Å². The fourth-order valence-corrected chi connectivity index (χ4v) is 3.95. The van der Waals surface area contributed by atoms with Crippen molar-refractivity contribution in [2.24, 2.45) is 0 Å². The molecule has 2 aromatic rings. The summed E-state index contributed by atoms with van der Waals surface area (Å²) < 4.78 is 6.60. The van der Waals surface area contributed by atoms with Crippen LogP contribution in [0.2, 0.25) is 0 Å². The van der Waals surface area contributed by atoms with E-state index in [0.29, 0.717) is 12.1 Å². The lowest BCUT2D eigenvalue weighted by Crippen LogP contribution is -2.32. The summed E-state index contributed by atoms with van der Waals surface area (Å²) in [6.07, 6.45) is 3.95. The Morgan fingerprint density at radius 2 is 2.29 bits per heavy atom. The zero-order valence-electron chi connectivity index (χ0n) is 13.2. The largest absolute Gasteiger partial charge is 0.376 e. The third-order valence-corrected chi connectivity index (χ3v) is 5.36. The zero-order valence-corrected chi connectivity index (χ0v) is 15.6. The number of hydrogen-bond donors (Lipinski definition) is 1. The Balaban J connectivity index is 1.62. The number of rotatable bonds is 6. The fraction of sp³-hybridized carbons (Fsp3) is 0.333. The second-order valence-corrected chi connectivity index (χ2v) is 7.50. The molecule has 1 aromatic carbocycles. The van der Waals surface area contributed by atoms with Crippen molar-refractivity contribution in [3.05, 3.63) is 58.2 Å². The molecule has 0 spiro atoms. The van der Waals surface area contributed by atoms with Gasteiger partial charge in [0.2, 0.25) is 0 Å². The number of pyridine rings is 1. The topological polar surface area (TPSA) is 51.2 Å². The van der Waals surface area contributed by atoms with Gasteiger partial charge in [-0.25, -0.2) is 4.98 Å². The molecule has 1 N–H and O–H groups in total. The molecule has 126 valence electrons. The summed E-state index contributed by atoms with van der Waals surface area (Å²) in [4.78, 5) is 16.8. The van der Waals surface area contributed by atoms with Gasteiger partial charge in [-0.05, 0) is 42.7 Å². The van der Waals surface area contributed by atoms with Crippen molar-refractivity contribution in [3.8, 4) is 0 Å². The quantitative estimate of drug-likeness (QED) is 0.735. The van der Waals surface area contributed by atoms with E-state index in [1.54, 1.807) is 24.0 Å². The molecule has 6 heteroatoms. The molecule has 2 heterocycles. The molecule has 24 heavy (non-hydrogen) atoms. The molecule has 4 nitrogen and oxygen atoms in total. The van der Waals surface area contributed by atoms with Crippen molar-refractivity contribution in [1.82, 2.24) is 10.3 Å². The Morgan fingerprint density at radius 1 is 1.38 bits per heavy atom. The van der Waals surface area contributed by atoms with E-state index in [9.17, 15) is 4.79 Å². The lowest BCUT2D eigenvalue weighted by Gasteiger charge is -2.12. The van der Waals surface area contributed by atoms with Crippen LogP contribution in [0.25, 0.3) is 0 Å². The number of nitrogens with one attached hydrogen (secondary N) is 1. The molecule has 1 aliphatic heterocycles. The monoisotopic (exact) mass is 406 g/mol. The number of amides is 1. The number of carbonyl (C=O) groups excluding carboxylic acids is 1. The van der Waals surface area contributed by atoms with Crippen LogP contribution in [-0.4, -0.2) is 30.1 Å². The van der Waals surface area contributed by atoms with E-state index in [0.717, 1.165) is 34.7 Å². The van der Waals surface area contributed by atoms with Gasteiger partial charge in [-0.1, -0.05) is 28.1 Å². The van der Waals surface area contributed by atoms with Crippen LogP contribution in [0, 0.1) is 0 Å². The summed E-state index contributed by atoms with van der Waals surface area (Å²) in [5.74, 6) is 0.679. The molecule has 3 rings (SSSR count). The highest BCUT2D eigenvalue weighted by Crippen LogP contribution is 2.25. The Morgan fingerprint density at radius 3 is 3.08 bits per heavy atom. The Bertz CT molecular complexity index is 705. The Labute approximate surface area is 154 Å². The third kappa shape index (κ3) is 4.82. The SMILES string of the molecule is O=C(NCC1CCCO1)c1cccnc1SCc1cccc(Br)c1. The minimum Gasteiger partial charge on any atom is -0.376 e. The van der Waals surface area contributed by atoms with Gasteiger partial charge in [-0.15, -0.1) is 11.8 Å². The molecular formula is C18H19BrN2O2S. The van der Waals surface area contributed by atoms with Gasteiger partial charge in [0.05, 0.1) is 11.7 Å². The Hall–Kier alpha value is -1.37. The maximum absolute atomic E-state index is 12.5. The number of ether oxygens (including phenoxy) is 1. The normalized spacial score (nSPS) is 17.0. The number of hydrogen-bond acceptors (Lipinski definition) is 4. The standard InChI is InChI=1S/C18H19BrN2O2S/c19-14-5-1-4-13(10-14)12-24-18-16(7-2-8-20-18)17(22)21-11-15-6-3-9-23-15/h1-2,4-5,7-8,10,15H,3,6,9,11-12H2,(H,21,22). The molecule has 1 saturated heterocycles. The average Bonchev–Trinajstić information content (AvgIpc) is 3.12. The van der Waals surface area contributed by atoms with Gasteiger partial charge in [0, 0.05) is 29.6 Å². The smallest absolute Gasteiger partial charge is 0.254 e. The fourth-order valence-electron chi connectivity index (χ4n) is 2.56. The van der Waals surface area contributed by atoms with Gasteiger partial charge in [0.15, 0.2) is 0 Å². The van der Waals surface area contributed by atoms with Gasteiger partial charge < -0.3 is 10.1 Å². The summed E-state index contributed by atoms with van der Waals surface area (Å²) >= 11 is 5.05. The van der Waals surface area contributed by atoms with E-state index in [2.05, 4.69) is 38.4 Å². The highest BCUT2D eigenvalue weighted by molar-refractivity contribution is 9.10. The number of nitrogens with zero attached hydrogens (tertiary/aromatic N) is 1. The van der Waals surface area contributed by atoms with Crippen LogP contribution < -0.4 is 5.32 Å². The molecule has 0 saturated carbocycles. The molecular weight excluding hydrogens is 388 g/mol. The highest BCUT2D eigenvalue weighted by Gasteiger charge is 2.18. The van der Waals surface area contributed by atoms with Gasteiger partial charge in [-0.2, -0.15) is 0 Å². The molecule has 1 aromatic heterocycles. The lowest BCUT2D eigenvalue weighted by atomic mass is 10.2. The second-order valence-electron chi connectivity index (χ2n) is 5.62. The second kappa shape index (κ2) is 8.65. The van der Waals surface area contributed by atoms with Crippen LogP contribution in [0.4, 0.5) is 0 Å². The maximum atomic E-state index is 12.5. The molecule has 0 aliphatic carbocycles. The summed E-state index contributed by atoms with van der Waals surface area (Å²) in [5.41, 5.74) is 1.81. The molecule has 0 bridgehead atoms. The number of benzene rings is 1. The van der Waals surface area contributed by atoms with Gasteiger partial charge >= 0.3 is 0 Å². The van der Waals surface area contributed by atoms with Gasteiger partial charge in [-0.3, -0.25) is 4.79 Å². The van der Waals surface area contributed by atoms with Crippen molar-refractivity contribution < 1.29 is 9.53 Å². The summed E-state index contributed by atoms with van der Waals surface area (Å²) in [6, 6.07) is 11.8. The molecule has 0 radical (unpaired) electrons. The van der Waals surface area contributed by atoms with Crippen LogP contribution >= 0.6 is 27.7 Å².